The average Bonchev–Trinajstić information content (AvgIpc) is 2.43. The fraction of sp³-hybridized carbons (Fsp3) is 0.929. The zero-order chi connectivity index (χ0) is 13.5. The maximum Gasteiger partial charge on any atom is 0.226 e. The molecule has 0 aliphatic heterocycles. The van der Waals surface area contributed by atoms with E-state index >= 15 is 0 Å². The highest BCUT2D eigenvalue weighted by molar-refractivity contribution is 7.98. The summed E-state index contributed by atoms with van der Waals surface area (Å²) in [4.78, 5) is 14.6. The lowest BCUT2D eigenvalue weighted by atomic mass is 9.78. The molecule has 0 aromatic heterocycles. The molecule has 3 unspecified atom stereocenters. The second-order valence-corrected chi connectivity index (χ2v) is 6.26. The molecule has 0 radical (unpaired) electrons. The minimum Gasteiger partial charge on any atom is -0.342 e. The van der Waals surface area contributed by atoms with Gasteiger partial charge in [0.1, 0.15) is 0 Å². The number of nitrogens with two attached hydrogens (primary N) is 1. The first-order valence-corrected chi connectivity index (χ1v) is 8.50. The van der Waals surface area contributed by atoms with Gasteiger partial charge in [0.05, 0.1) is 0 Å². The van der Waals surface area contributed by atoms with Crippen LogP contribution in [0.3, 0.4) is 0 Å². The lowest BCUT2D eigenvalue weighted by Crippen LogP contribution is -2.45. The molecule has 18 heavy (non-hydrogen) atoms. The van der Waals surface area contributed by atoms with E-state index in [4.69, 9.17) is 5.73 Å². The van der Waals surface area contributed by atoms with Crippen molar-refractivity contribution in [3.05, 3.63) is 0 Å². The molecule has 0 bridgehead atoms. The molecule has 2 N–H and O–H groups in total. The Morgan fingerprint density at radius 1 is 1.44 bits per heavy atom. The van der Waals surface area contributed by atoms with Gasteiger partial charge in [-0.3, -0.25) is 4.79 Å². The van der Waals surface area contributed by atoms with Gasteiger partial charge in [-0.1, -0.05) is 19.8 Å². The largest absolute Gasteiger partial charge is 0.342 e. The molecule has 1 saturated carbocycles. The van der Waals surface area contributed by atoms with Gasteiger partial charge < -0.3 is 10.6 Å². The minimum absolute atomic E-state index is 0.171. The van der Waals surface area contributed by atoms with Crippen molar-refractivity contribution in [1.29, 1.82) is 0 Å². The van der Waals surface area contributed by atoms with Crippen molar-refractivity contribution in [2.24, 2.45) is 17.6 Å². The lowest BCUT2D eigenvalue weighted by Gasteiger charge is -2.35. The monoisotopic (exact) mass is 272 g/mol. The van der Waals surface area contributed by atoms with Crippen molar-refractivity contribution in [3.8, 4) is 0 Å². The molecule has 3 atom stereocenters. The topological polar surface area (TPSA) is 46.3 Å². The Labute approximate surface area is 116 Å². The van der Waals surface area contributed by atoms with Gasteiger partial charge in [0, 0.05) is 24.8 Å². The second-order valence-electron chi connectivity index (χ2n) is 5.35. The molecule has 4 heteroatoms. The summed E-state index contributed by atoms with van der Waals surface area (Å²) in [6, 6.07) is 0.368. The van der Waals surface area contributed by atoms with Crippen LogP contribution in [0, 0.1) is 11.8 Å². The molecule has 0 heterocycles. The molecule has 0 aromatic rings. The number of hydrogen-bond donors (Lipinski definition) is 1. The number of rotatable bonds is 6. The van der Waals surface area contributed by atoms with Crippen molar-refractivity contribution in [1.82, 2.24) is 4.90 Å². The Balaban J connectivity index is 2.65. The van der Waals surface area contributed by atoms with E-state index in [0.717, 1.165) is 25.0 Å². The second kappa shape index (κ2) is 8.05. The minimum atomic E-state index is 0.171. The lowest BCUT2D eigenvalue weighted by molar-refractivity contribution is -0.138. The highest BCUT2D eigenvalue weighted by Gasteiger charge is 2.33. The van der Waals surface area contributed by atoms with Gasteiger partial charge in [0.15, 0.2) is 0 Å². The third-order valence-corrected chi connectivity index (χ3v) is 4.97. The van der Waals surface area contributed by atoms with Crippen LogP contribution >= 0.6 is 11.8 Å². The molecular formula is C14H28N2OS. The van der Waals surface area contributed by atoms with E-state index in [1.807, 2.05) is 23.7 Å². The Morgan fingerprint density at radius 3 is 2.67 bits per heavy atom. The predicted molar refractivity (Wildman–Crippen MR) is 79.7 cm³/mol. The zero-order valence-electron chi connectivity index (χ0n) is 12.0. The number of nitrogens with zero attached hydrogens (tertiary/aromatic N) is 1. The van der Waals surface area contributed by atoms with Gasteiger partial charge in [0.2, 0.25) is 5.91 Å². The SMILES string of the molecule is CCC(CSC)N(C)C(=O)C1CCCCC1CN. The maximum absolute atomic E-state index is 12.6. The van der Waals surface area contributed by atoms with E-state index in [9.17, 15) is 4.79 Å². The predicted octanol–water partition coefficient (Wildman–Crippen LogP) is 2.35. The molecule has 3 nitrogen and oxygen atoms in total. The standard InChI is InChI=1S/C14H28N2OS/c1-4-12(10-18-3)16(2)14(17)13-8-6-5-7-11(13)9-15/h11-13H,4-10,15H2,1-3H3. The maximum atomic E-state index is 12.6. The molecule has 1 fully saturated rings. The molecule has 1 rings (SSSR count). The summed E-state index contributed by atoms with van der Waals surface area (Å²) in [6.45, 7) is 2.81. The smallest absolute Gasteiger partial charge is 0.226 e. The Kier molecular flexibility index (Phi) is 7.08. The van der Waals surface area contributed by atoms with Gasteiger partial charge in [0.25, 0.3) is 0 Å². The number of hydrogen-bond acceptors (Lipinski definition) is 3. The van der Waals surface area contributed by atoms with Crippen LogP contribution in [0.25, 0.3) is 0 Å². The average molecular weight is 272 g/mol. The van der Waals surface area contributed by atoms with Crippen molar-refractivity contribution in [2.75, 3.05) is 25.6 Å². The summed E-state index contributed by atoms with van der Waals surface area (Å²) in [5.41, 5.74) is 5.82. The van der Waals surface area contributed by atoms with Gasteiger partial charge in [-0.15, -0.1) is 0 Å². The molecular weight excluding hydrogens is 244 g/mol. The Morgan fingerprint density at radius 2 is 2.11 bits per heavy atom. The fourth-order valence-electron chi connectivity index (χ4n) is 2.95. The van der Waals surface area contributed by atoms with Crippen LogP contribution in [0.4, 0.5) is 0 Å². The first kappa shape index (κ1) is 15.8. The molecule has 106 valence electrons. The quantitative estimate of drug-likeness (QED) is 0.807. The Hall–Kier alpha value is -0.220. The van der Waals surface area contributed by atoms with Crippen molar-refractivity contribution in [3.63, 3.8) is 0 Å². The van der Waals surface area contributed by atoms with Crippen LogP contribution in [0.15, 0.2) is 0 Å². The highest BCUT2D eigenvalue weighted by atomic mass is 32.2. The van der Waals surface area contributed by atoms with Crippen LogP contribution in [-0.4, -0.2) is 42.4 Å². The van der Waals surface area contributed by atoms with Crippen molar-refractivity contribution < 1.29 is 4.79 Å². The molecule has 0 saturated heterocycles. The van der Waals surface area contributed by atoms with Gasteiger partial charge in [-0.2, -0.15) is 11.8 Å². The van der Waals surface area contributed by atoms with E-state index < -0.39 is 0 Å². The zero-order valence-corrected chi connectivity index (χ0v) is 12.8. The summed E-state index contributed by atoms with van der Waals surface area (Å²) in [5.74, 6) is 1.93. The summed E-state index contributed by atoms with van der Waals surface area (Å²) in [5, 5.41) is 0. The number of carbonyl (C=O) groups is 1. The van der Waals surface area contributed by atoms with Gasteiger partial charge in [-0.25, -0.2) is 0 Å². The van der Waals surface area contributed by atoms with Gasteiger partial charge in [-0.05, 0) is 38.0 Å². The third-order valence-electron chi connectivity index (χ3n) is 4.25. The first-order valence-electron chi connectivity index (χ1n) is 7.11. The normalized spacial score (nSPS) is 25.8. The van der Waals surface area contributed by atoms with Crippen LogP contribution < -0.4 is 5.73 Å². The van der Waals surface area contributed by atoms with E-state index in [1.165, 1.54) is 12.8 Å². The molecule has 0 aromatic carbocycles. The summed E-state index contributed by atoms with van der Waals surface area (Å²) < 4.78 is 0. The molecule has 0 spiro atoms. The number of carbonyl (C=O) groups excluding carboxylic acids is 1. The van der Waals surface area contributed by atoms with Crippen LogP contribution in [0.1, 0.15) is 39.0 Å². The van der Waals surface area contributed by atoms with Crippen molar-refractivity contribution >= 4 is 17.7 Å². The molecule has 1 aliphatic carbocycles. The Bertz CT molecular complexity index is 260. The van der Waals surface area contributed by atoms with Gasteiger partial charge >= 0.3 is 0 Å². The van der Waals surface area contributed by atoms with Crippen molar-refractivity contribution in [2.45, 2.75) is 45.1 Å². The van der Waals surface area contributed by atoms with Crippen LogP contribution in [0.2, 0.25) is 0 Å². The molecule has 1 amide bonds. The van der Waals surface area contributed by atoms with Crippen LogP contribution in [-0.2, 0) is 4.79 Å². The summed E-state index contributed by atoms with van der Waals surface area (Å²) in [7, 11) is 1.97. The highest BCUT2D eigenvalue weighted by Crippen LogP contribution is 2.31. The first-order chi connectivity index (χ1) is 8.65. The van der Waals surface area contributed by atoms with E-state index in [0.29, 0.717) is 24.4 Å². The molecule has 1 aliphatic rings. The number of amides is 1. The summed E-state index contributed by atoms with van der Waals surface area (Å²) in [6.07, 6.45) is 7.70. The number of thioether (sulfide) groups is 1. The van der Waals surface area contributed by atoms with E-state index in [-0.39, 0.29) is 5.92 Å². The van der Waals surface area contributed by atoms with Crippen LogP contribution in [0.5, 0.6) is 0 Å². The van der Waals surface area contributed by atoms with E-state index in [2.05, 4.69) is 13.2 Å². The fourth-order valence-corrected chi connectivity index (χ4v) is 3.80. The van der Waals surface area contributed by atoms with E-state index in [1.54, 1.807) is 0 Å². The third kappa shape index (κ3) is 3.89. The summed E-state index contributed by atoms with van der Waals surface area (Å²) >= 11 is 1.81.